The van der Waals surface area contributed by atoms with Crippen LogP contribution >= 0.6 is 0 Å². The average molecular weight is 154 g/mol. The minimum absolute atomic E-state index is 0.620. The van der Waals surface area contributed by atoms with E-state index in [0.29, 0.717) is 12.1 Å². The van der Waals surface area contributed by atoms with E-state index in [1.54, 1.807) is 0 Å². The third-order valence-corrected chi connectivity index (χ3v) is 2.15. The van der Waals surface area contributed by atoms with Gasteiger partial charge in [-0.05, 0) is 20.8 Å². The summed E-state index contributed by atoms with van der Waals surface area (Å²) in [6, 6.07) is 1.26. The molecule has 0 bridgehead atoms. The lowest BCUT2D eigenvalue weighted by molar-refractivity contribution is 0.181. The second kappa shape index (κ2) is 3.16. The van der Waals surface area contributed by atoms with E-state index in [4.69, 9.17) is 0 Å². The van der Waals surface area contributed by atoms with E-state index in [2.05, 4.69) is 50.0 Å². The molecular formula is C9H18N2. The zero-order valence-electron chi connectivity index (χ0n) is 7.91. The van der Waals surface area contributed by atoms with Gasteiger partial charge in [-0.1, -0.05) is 0 Å². The Balaban J connectivity index is 2.61. The van der Waals surface area contributed by atoms with E-state index in [1.807, 2.05) is 0 Å². The van der Waals surface area contributed by atoms with Gasteiger partial charge < -0.3 is 9.80 Å². The molecule has 0 aromatic rings. The predicted octanol–water partition coefficient (Wildman–Crippen LogP) is 1.50. The Kier molecular flexibility index (Phi) is 2.42. The van der Waals surface area contributed by atoms with Crippen LogP contribution in [-0.2, 0) is 0 Å². The highest BCUT2D eigenvalue weighted by Gasteiger charge is 2.17. The van der Waals surface area contributed by atoms with Crippen molar-refractivity contribution in [3.05, 3.63) is 12.4 Å². The summed E-state index contributed by atoms with van der Waals surface area (Å²) in [6.45, 7) is 7.85. The van der Waals surface area contributed by atoms with Crippen molar-refractivity contribution in [2.75, 3.05) is 13.6 Å². The Morgan fingerprint density at radius 3 is 2.45 bits per heavy atom. The van der Waals surface area contributed by atoms with Crippen molar-refractivity contribution in [3.8, 4) is 0 Å². The molecule has 0 radical (unpaired) electrons. The standard InChI is InChI=1S/C9H18N2/c1-8(2)11-6-5-10(4)7-9(11)3/h5-6,8-9H,7H2,1-4H3. The zero-order chi connectivity index (χ0) is 8.43. The fourth-order valence-corrected chi connectivity index (χ4v) is 1.59. The summed E-state index contributed by atoms with van der Waals surface area (Å²) in [5.41, 5.74) is 0. The second-order valence-corrected chi connectivity index (χ2v) is 3.63. The van der Waals surface area contributed by atoms with Crippen LogP contribution in [0.25, 0.3) is 0 Å². The first-order chi connectivity index (χ1) is 5.11. The number of likely N-dealkylation sites (N-methyl/N-ethyl adjacent to an activating group) is 1. The van der Waals surface area contributed by atoms with Crippen LogP contribution < -0.4 is 0 Å². The third-order valence-electron chi connectivity index (χ3n) is 2.15. The van der Waals surface area contributed by atoms with Gasteiger partial charge in [0, 0.05) is 38.1 Å². The normalized spacial score (nSPS) is 25.0. The second-order valence-electron chi connectivity index (χ2n) is 3.63. The molecule has 2 nitrogen and oxygen atoms in total. The number of hydrogen-bond donors (Lipinski definition) is 0. The molecule has 11 heavy (non-hydrogen) atoms. The van der Waals surface area contributed by atoms with Crippen LogP contribution in [0.4, 0.5) is 0 Å². The molecule has 0 aromatic heterocycles. The monoisotopic (exact) mass is 154 g/mol. The van der Waals surface area contributed by atoms with Crippen LogP contribution in [0.5, 0.6) is 0 Å². The number of rotatable bonds is 1. The zero-order valence-corrected chi connectivity index (χ0v) is 7.91. The van der Waals surface area contributed by atoms with E-state index in [9.17, 15) is 0 Å². The predicted molar refractivity (Wildman–Crippen MR) is 48.2 cm³/mol. The van der Waals surface area contributed by atoms with Crippen molar-refractivity contribution in [1.82, 2.24) is 9.80 Å². The van der Waals surface area contributed by atoms with Gasteiger partial charge in [-0.3, -0.25) is 0 Å². The van der Waals surface area contributed by atoms with E-state index in [0.717, 1.165) is 6.54 Å². The van der Waals surface area contributed by atoms with Gasteiger partial charge in [0.05, 0.1) is 0 Å². The van der Waals surface area contributed by atoms with Crippen molar-refractivity contribution in [3.63, 3.8) is 0 Å². The first-order valence-electron chi connectivity index (χ1n) is 4.27. The summed E-state index contributed by atoms with van der Waals surface area (Å²) in [4.78, 5) is 4.61. The van der Waals surface area contributed by atoms with Gasteiger partial charge in [-0.15, -0.1) is 0 Å². The van der Waals surface area contributed by atoms with Crippen LogP contribution in [0.3, 0.4) is 0 Å². The number of hydrogen-bond acceptors (Lipinski definition) is 2. The Bertz CT molecular complexity index is 152. The van der Waals surface area contributed by atoms with Crippen LogP contribution in [0.1, 0.15) is 20.8 Å². The number of nitrogens with zero attached hydrogens (tertiary/aromatic N) is 2. The van der Waals surface area contributed by atoms with E-state index in [-0.39, 0.29) is 0 Å². The molecule has 0 aromatic carbocycles. The molecule has 64 valence electrons. The summed E-state index contributed by atoms with van der Waals surface area (Å²) in [5, 5.41) is 0. The van der Waals surface area contributed by atoms with Crippen LogP contribution in [0, 0.1) is 0 Å². The molecule has 1 aliphatic rings. The Labute approximate surface area is 69.5 Å². The van der Waals surface area contributed by atoms with E-state index in [1.165, 1.54) is 0 Å². The molecule has 0 fully saturated rings. The minimum Gasteiger partial charge on any atom is -0.377 e. The average Bonchev–Trinajstić information content (AvgIpc) is 1.85. The topological polar surface area (TPSA) is 6.48 Å². The molecular weight excluding hydrogens is 136 g/mol. The first kappa shape index (κ1) is 8.44. The highest BCUT2D eigenvalue weighted by atomic mass is 15.2. The van der Waals surface area contributed by atoms with E-state index >= 15 is 0 Å². The molecule has 0 spiro atoms. The smallest absolute Gasteiger partial charge is 0.0434 e. The summed E-state index contributed by atoms with van der Waals surface area (Å²) in [5.74, 6) is 0. The minimum atomic E-state index is 0.620. The molecule has 0 aliphatic carbocycles. The highest BCUT2D eigenvalue weighted by molar-refractivity contribution is 4.93. The molecule has 2 heteroatoms. The molecule has 0 amide bonds. The maximum Gasteiger partial charge on any atom is 0.0434 e. The fourth-order valence-electron chi connectivity index (χ4n) is 1.59. The largest absolute Gasteiger partial charge is 0.377 e. The summed E-state index contributed by atoms with van der Waals surface area (Å²) in [7, 11) is 2.12. The van der Waals surface area contributed by atoms with Crippen molar-refractivity contribution in [2.24, 2.45) is 0 Å². The molecule has 1 heterocycles. The third kappa shape index (κ3) is 1.88. The van der Waals surface area contributed by atoms with Gasteiger partial charge in [0.15, 0.2) is 0 Å². The molecule has 1 rings (SSSR count). The lowest BCUT2D eigenvalue weighted by Gasteiger charge is -2.37. The summed E-state index contributed by atoms with van der Waals surface area (Å²) in [6.07, 6.45) is 4.32. The van der Waals surface area contributed by atoms with Crippen molar-refractivity contribution >= 4 is 0 Å². The van der Waals surface area contributed by atoms with E-state index < -0.39 is 0 Å². The fraction of sp³-hybridized carbons (Fsp3) is 0.778. The van der Waals surface area contributed by atoms with Crippen molar-refractivity contribution < 1.29 is 0 Å². The molecule has 1 aliphatic heterocycles. The van der Waals surface area contributed by atoms with Crippen LogP contribution in [0.2, 0.25) is 0 Å². The lowest BCUT2D eigenvalue weighted by Crippen LogP contribution is -2.43. The van der Waals surface area contributed by atoms with Gasteiger partial charge in [-0.2, -0.15) is 0 Å². The van der Waals surface area contributed by atoms with Crippen molar-refractivity contribution in [1.29, 1.82) is 0 Å². The first-order valence-corrected chi connectivity index (χ1v) is 4.27. The van der Waals surface area contributed by atoms with Crippen LogP contribution in [-0.4, -0.2) is 35.5 Å². The Morgan fingerprint density at radius 1 is 1.36 bits per heavy atom. The lowest BCUT2D eigenvalue weighted by atomic mass is 10.2. The van der Waals surface area contributed by atoms with Gasteiger partial charge >= 0.3 is 0 Å². The maximum absolute atomic E-state index is 2.39. The molecule has 1 atom stereocenters. The van der Waals surface area contributed by atoms with Gasteiger partial charge in [-0.25, -0.2) is 0 Å². The van der Waals surface area contributed by atoms with Gasteiger partial charge in [0.25, 0.3) is 0 Å². The Morgan fingerprint density at radius 2 is 2.00 bits per heavy atom. The molecule has 0 N–H and O–H groups in total. The maximum atomic E-state index is 2.39. The SMILES string of the molecule is CC(C)N1C=CN(C)CC1C. The summed E-state index contributed by atoms with van der Waals surface area (Å²) >= 11 is 0. The molecule has 0 saturated carbocycles. The van der Waals surface area contributed by atoms with Gasteiger partial charge in [0.2, 0.25) is 0 Å². The van der Waals surface area contributed by atoms with Gasteiger partial charge in [0.1, 0.15) is 0 Å². The Hall–Kier alpha value is -0.660. The molecule has 1 unspecified atom stereocenters. The summed E-state index contributed by atoms with van der Waals surface area (Å²) < 4.78 is 0. The van der Waals surface area contributed by atoms with Crippen LogP contribution in [0.15, 0.2) is 12.4 Å². The molecule has 0 saturated heterocycles. The van der Waals surface area contributed by atoms with Crippen molar-refractivity contribution in [2.45, 2.75) is 32.9 Å². The highest BCUT2D eigenvalue weighted by Crippen LogP contribution is 2.11. The quantitative estimate of drug-likeness (QED) is 0.565.